The van der Waals surface area contributed by atoms with Gasteiger partial charge >= 0.3 is 0 Å². The molecule has 0 radical (unpaired) electrons. The standard InChI is InChI=1S/C15H15ClO2/c1-11-4-2-3-5-13(11)10-18-15-7-6-12(9-17)8-14(15)16/h2-8,17H,9-10H2,1H3. The summed E-state index contributed by atoms with van der Waals surface area (Å²) in [6, 6.07) is 13.4. The molecule has 0 aliphatic rings. The molecule has 0 spiro atoms. The molecule has 0 saturated heterocycles. The molecule has 0 amide bonds. The third-order valence-electron chi connectivity index (χ3n) is 2.82. The maximum Gasteiger partial charge on any atom is 0.138 e. The van der Waals surface area contributed by atoms with Crippen LogP contribution in [0.5, 0.6) is 5.75 Å². The lowest BCUT2D eigenvalue weighted by molar-refractivity contribution is 0.280. The van der Waals surface area contributed by atoms with E-state index in [0.717, 1.165) is 11.1 Å². The lowest BCUT2D eigenvalue weighted by Gasteiger charge is -2.10. The predicted molar refractivity (Wildman–Crippen MR) is 72.9 cm³/mol. The molecule has 2 rings (SSSR count). The topological polar surface area (TPSA) is 29.5 Å². The summed E-state index contributed by atoms with van der Waals surface area (Å²) in [5.74, 6) is 0.636. The molecular weight excluding hydrogens is 248 g/mol. The van der Waals surface area contributed by atoms with Crippen molar-refractivity contribution >= 4 is 11.6 Å². The normalized spacial score (nSPS) is 10.4. The van der Waals surface area contributed by atoms with Gasteiger partial charge in [0.15, 0.2) is 0 Å². The highest BCUT2D eigenvalue weighted by Gasteiger charge is 2.04. The van der Waals surface area contributed by atoms with Crippen LogP contribution >= 0.6 is 11.6 Å². The molecule has 0 atom stereocenters. The summed E-state index contributed by atoms with van der Waals surface area (Å²) in [4.78, 5) is 0. The number of aliphatic hydroxyl groups excluding tert-OH is 1. The number of aryl methyl sites for hydroxylation is 1. The van der Waals surface area contributed by atoms with Crippen molar-refractivity contribution < 1.29 is 9.84 Å². The highest BCUT2D eigenvalue weighted by atomic mass is 35.5. The van der Waals surface area contributed by atoms with E-state index in [1.54, 1.807) is 18.2 Å². The Kier molecular flexibility index (Phi) is 4.24. The van der Waals surface area contributed by atoms with Gasteiger partial charge in [0.2, 0.25) is 0 Å². The van der Waals surface area contributed by atoms with Gasteiger partial charge in [-0.3, -0.25) is 0 Å². The fourth-order valence-electron chi connectivity index (χ4n) is 1.69. The predicted octanol–water partition coefficient (Wildman–Crippen LogP) is 3.72. The number of ether oxygens (including phenoxy) is 1. The molecule has 0 bridgehead atoms. The van der Waals surface area contributed by atoms with Gasteiger partial charge in [0, 0.05) is 0 Å². The van der Waals surface area contributed by atoms with Gasteiger partial charge in [-0.1, -0.05) is 41.9 Å². The molecule has 94 valence electrons. The van der Waals surface area contributed by atoms with Crippen LogP contribution in [0, 0.1) is 6.92 Å². The molecule has 0 saturated carbocycles. The van der Waals surface area contributed by atoms with Crippen LogP contribution in [0.25, 0.3) is 0 Å². The Morgan fingerprint density at radius 2 is 1.94 bits per heavy atom. The van der Waals surface area contributed by atoms with Gasteiger partial charge in [-0.25, -0.2) is 0 Å². The van der Waals surface area contributed by atoms with E-state index >= 15 is 0 Å². The summed E-state index contributed by atoms with van der Waals surface area (Å²) in [6.45, 7) is 2.53. The minimum Gasteiger partial charge on any atom is -0.487 e. The number of halogens is 1. The average molecular weight is 263 g/mol. The summed E-state index contributed by atoms with van der Waals surface area (Å²) < 4.78 is 5.69. The van der Waals surface area contributed by atoms with Crippen LogP contribution in [0.3, 0.4) is 0 Å². The van der Waals surface area contributed by atoms with E-state index in [9.17, 15) is 0 Å². The second-order valence-corrected chi connectivity index (χ2v) is 4.55. The smallest absolute Gasteiger partial charge is 0.138 e. The molecule has 2 nitrogen and oxygen atoms in total. The maximum absolute atomic E-state index is 9.00. The number of rotatable bonds is 4. The second-order valence-electron chi connectivity index (χ2n) is 4.14. The summed E-state index contributed by atoms with van der Waals surface area (Å²) in [7, 11) is 0. The molecular formula is C15H15ClO2. The monoisotopic (exact) mass is 262 g/mol. The van der Waals surface area contributed by atoms with Gasteiger partial charge in [-0.15, -0.1) is 0 Å². The van der Waals surface area contributed by atoms with Crippen LogP contribution < -0.4 is 4.74 Å². The Balaban J connectivity index is 2.09. The van der Waals surface area contributed by atoms with E-state index < -0.39 is 0 Å². The summed E-state index contributed by atoms with van der Waals surface area (Å²) >= 11 is 6.08. The van der Waals surface area contributed by atoms with Crippen molar-refractivity contribution in [2.45, 2.75) is 20.1 Å². The highest BCUT2D eigenvalue weighted by molar-refractivity contribution is 6.32. The fourth-order valence-corrected chi connectivity index (χ4v) is 1.94. The van der Waals surface area contributed by atoms with Crippen LogP contribution in [0.2, 0.25) is 5.02 Å². The zero-order valence-electron chi connectivity index (χ0n) is 10.2. The van der Waals surface area contributed by atoms with Gasteiger partial charge < -0.3 is 9.84 Å². The first-order valence-corrected chi connectivity index (χ1v) is 6.15. The van der Waals surface area contributed by atoms with Gasteiger partial charge in [0.1, 0.15) is 12.4 Å². The van der Waals surface area contributed by atoms with Crippen LogP contribution in [0.4, 0.5) is 0 Å². The van der Waals surface area contributed by atoms with E-state index in [2.05, 4.69) is 13.0 Å². The van der Waals surface area contributed by atoms with E-state index in [4.69, 9.17) is 21.4 Å². The van der Waals surface area contributed by atoms with Crippen LogP contribution in [0.15, 0.2) is 42.5 Å². The third-order valence-corrected chi connectivity index (χ3v) is 3.12. The molecule has 1 N–H and O–H groups in total. The number of benzene rings is 2. The second kappa shape index (κ2) is 5.89. The van der Waals surface area contributed by atoms with Crippen molar-refractivity contribution in [1.29, 1.82) is 0 Å². The average Bonchev–Trinajstić information content (AvgIpc) is 2.39. The van der Waals surface area contributed by atoms with Crippen LogP contribution in [0.1, 0.15) is 16.7 Å². The van der Waals surface area contributed by atoms with Crippen molar-refractivity contribution in [3.63, 3.8) is 0 Å². The summed E-state index contributed by atoms with van der Waals surface area (Å²) in [6.07, 6.45) is 0. The Morgan fingerprint density at radius 1 is 1.17 bits per heavy atom. The Bertz CT molecular complexity index is 538. The Hall–Kier alpha value is -1.51. The van der Waals surface area contributed by atoms with Gasteiger partial charge in [0.05, 0.1) is 11.6 Å². The van der Waals surface area contributed by atoms with Crippen molar-refractivity contribution in [3.8, 4) is 5.75 Å². The molecule has 0 aliphatic carbocycles. The molecule has 3 heteroatoms. The molecule has 2 aromatic carbocycles. The number of hydrogen-bond acceptors (Lipinski definition) is 2. The molecule has 0 aromatic heterocycles. The minimum absolute atomic E-state index is 0.0161. The number of aliphatic hydroxyl groups is 1. The SMILES string of the molecule is Cc1ccccc1COc1ccc(CO)cc1Cl. The lowest BCUT2D eigenvalue weighted by Crippen LogP contribution is -1.98. The Morgan fingerprint density at radius 3 is 2.61 bits per heavy atom. The quantitative estimate of drug-likeness (QED) is 0.910. The Labute approximate surface area is 112 Å². The summed E-state index contributed by atoms with van der Waals surface area (Å²) in [5, 5.41) is 9.52. The maximum atomic E-state index is 9.00. The van der Waals surface area contributed by atoms with Gasteiger partial charge in [-0.2, -0.15) is 0 Å². The molecule has 0 fully saturated rings. The van der Waals surface area contributed by atoms with E-state index in [0.29, 0.717) is 17.4 Å². The number of hydrogen-bond donors (Lipinski definition) is 1. The van der Waals surface area contributed by atoms with Crippen molar-refractivity contribution in [3.05, 3.63) is 64.2 Å². The van der Waals surface area contributed by atoms with Gasteiger partial charge in [-0.05, 0) is 35.7 Å². The molecule has 0 unspecified atom stereocenters. The summed E-state index contributed by atoms with van der Waals surface area (Å²) in [5.41, 5.74) is 3.11. The highest BCUT2D eigenvalue weighted by Crippen LogP contribution is 2.26. The largest absolute Gasteiger partial charge is 0.487 e. The van der Waals surface area contributed by atoms with Crippen molar-refractivity contribution in [2.75, 3.05) is 0 Å². The van der Waals surface area contributed by atoms with E-state index in [1.807, 2.05) is 18.2 Å². The van der Waals surface area contributed by atoms with Crippen LogP contribution in [-0.4, -0.2) is 5.11 Å². The van der Waals surface area contributed by atoms with Crippen molar-refractivity contribution in [2.24, 2.45) is 0 Å². The zero-order chi connectivity index (χ0) is 13.0. The first kappa shape index (κ1) is 12.9. The lowest BCUT2D eigenvalue weighted by atomic mass is 10.1. The molecule has 18 heavy (non-hydrogen) atoms. The van der Waals surface area contributed by atoms with Crippen molar-refractivity contribution in [1.82, 2.24) is 0 Å². The first-order chi connectivity index (χ1) is 8.70. The molecule has 0 aliphatic heterocycles. The zero-order valence-corrected chi connectivity index (χ0v) is 10.9. The fraction of sp³-hybridized carbons (Fsp3) is 0.200. The van der Waals surface area contributed by atoms with E-state index in [1.165, 1.54) is 5.56 Å². The first-order valence-electron chi connectivity index (χ1n) is 5.77. The third kappa shape index (κ3) is 3.03. The van der Waals surface area contributed by atoms with Gasteiger partial charge in [0.25, 0.3) is 0 Å². The molecule has 0 heterocycles. The van der Waals surface area contributed by atoms with E-state index in [-0.39, 0.29) is 6.61 Å². The molecule has 2 aromatic rings. The minimum atomic E-state index is -0.0161. The van der Waals surface area contributed by atoms with Crippen LogP contribution in [-0.2, 0) is 13.2 Å².